The standard InChI is InChI=1S/C17H18BrNO/c1-12(14-3-2-4-16(18)10-14)19-11-13-5-6-17-15(9-13)7-8-20-17/h2-6,9-10,12,19H,7-8,11H2,1H3. The fourth-order valence-corrected chi connectivity index (χ4v) is 2.93. The van der Waals surface area contributed by atoms with Crippen LogP contribution in [0.5, 0.6) is 5.75 Å². The lowest BCUT2D eigenvalue weighted by Gasteiger charge is -2.15. The number of benzene rings is 2. The topological polar surface area (TPSA) is 21.3 Å². The molecule has 104 valence electrons. The van der Waals surface area contributed by atoms with Crippen molar-refractivity contribution in [1.82, 2.24) is 5.32 Å². The Morgan fingerprint density at radius 1 is 1.25 bits per heavy atom. The van der Waals surface area contributed by atoms with Crippen LogP contribution >= 0.6 is 15.9 Å². The van der Waals surface area contributed by atoms with Crippen LogP contribution in [0, 0.1) is 0 Å². The number of hydrogen-bond acceptors (Lipinski definition) is 2. The number of nitrogens with one attached hydrogen (secondary N) is 1. The molecule has 0 spiro atoms. The molecule has 20 heavy (non-hydrogen) atoms. The van der Waals surface area contributed by atoms with Crippen LogP contribution in [0.3, 0.4) is 0 Å². The third-order valence-electron chi connectivity index (χ3n) is 3.71. The van der Waals surface area contributed by atoms with Gasteiger partial charge in [-0.05, 0) is 41.8 Å². The minimum Gasteiger partial charge on any atom is -0.493 e. The third-order valence-corrected chi connectivity index (χ3v) is 4.21. The SMILES string of the molecule is CC(NCc1ccc2c(c1)CCO2)c1cccc(Br)c1. The quantitative estimate of drug-likeness (QED) is 0.904. The molecule has 1 unspecified atom stereocenters. The Labute approximate surface area is 128 Å². The van der Waals surface area contributed by atoms with Crippen LogP contribution in [-0.4, -0.2) is 6.61 Å². The van der Waals surface area contributed by atoms with Crippen molar-refractivity contribution in [1.29, 1.82) is 0 Å². The summed E-state index contributed by atoms with van der Waals surface area (Å²) in [5.41, 5.74) is 3.94. The zero-order valence-corrected chi connectivity index (χ0v) is 13.1. The normalized spacial score (nSPS) is 14.7. The van der Waals surface area contributed by atoms with Gasteiger partial charge < -0.3 is 10.1 Å². The molecule has 1 atom stereocenters. The summed E-state index contributed by atoms with van der Waals surface area (Å²) in [6.07, 6.45) is 1.03. The second-order valence-corrected chi connectivity index (χ2v) is 6.11. The Balaban J connectivity index is 1.64. The van der Waals surface area contributed by atoms with E-state index in [2.05, 4.69) is 70.6 Å². The highest BCUT2D eigenvalue weighted by atomic mass is 79.9. The summed E-state index contributed by atoms with van der Waals surface area (Å²) in [5.74, 6) is 1.05. The van der Waals surface area contributed by atoms with E-state index in [1.54, 1.807) is 0 Å². The lowest BCUT2D eigenvalue weighted by atomic mass is 10.1. The van der Waals surface area contributed by atoms with Gasteiger partial charge in [0.1, 0.15) is 5.75 Å². The number of hydrogen-bond donors (Lipinski definition) is 1. The van der Waals surface area contributed by atoms with Crippen molar-refractivity contribution in [3.63, 3.8) is 0 Å². The molecule has 0 bridgehead atoms. The molecule has 2 nitrogen and oxygen atoms in total. The Morgan fingerprint density at radius 3 is 3.00 bits per heavy atom. The minimum atomic E-state index is 0.331. The van der Waals surface area contributed by atoms with Gasteiger partial charge in [0, 0.05) is 23.5 Å². The number of fused-ring (bicyclic) bond motifs is 1. The van der Waals surface area contributed by atoms with Crippen molar-refractivity contribution >= 4 is 15.9 Å². The van der Waals surface area contributed by atoms with Crippen molar-refractivity contribution in [3.05, 3.63) is 63.6 Å². The molecule has 2 aromatic carbocycles. The van der Waals surface area contributed by atoms with Crippen LogP contribution < -0.4 is 10.1 Å². The third kappa shape index (κ3) is 3.05. The smallest absolute Gasteiger partial charge is 0.122 e. The summed E-state index contributed by atoms with van der Waals surface area (Å²) >= 11 is 3.52. The number of halogens is 1. The monoisotopic (exact) mass is 331 g/mol. The molecule has 0 radical (unpaired) electrons. The van der Waals surface area contributed by atoms with E-state index in [0.29, 0.717) is 6.04 Å². The fourth-order valence-electron chi connectivity index (χ4n) is 2.51. The van der Waals surface area contributed by atoms with E-state index < -0.39 is 0 Å². The van der Waals surface area contributed by atoms with Crippen molar-refractivity contribution in [2.24, 2.45) is 0 Å². The molecule has 3 heteroatoms. The van der Waals surface area contributed by atoms with E-state index in [1.165, 1.54) is 16.7 Å². The maximum Gasteiger partial charge on any atom is 0.122 e. The van der Waals surface area contributed by atoms with Crippen LogP contribution in [0.4, 0.5) is 0 Å². The molecule has 0 aliphatic carbocycles. The zero-order chi connectivity index (χ0) is 13.9. The number of rotatable bonds is 4. The van der Waals surface area contributed by atoms with Crippen LogP contribution in [0.2, 0.25) is 0 Å². The molecule has 1 aliphatic rings. The van der Waals surface area contributed by atoms with Gasteiger partial charge in [0.15, 0.2) is 0 Å². The zero-order valence-electron chi connectivity index (χ0n) is 11.5. The van der Waals surface area contributed by atoms with Crippen LogP contribution in [-0.2, 0) is 13.0 Å². The molecule has 3 rings (SSSR count). The van der Waals surface area contributed by atoms with Gasteiger partial charge in [0.05, 0.1) is 6.61 Å². The Kier molecular flexibility index (Phi) is 4.08. The molecule has 0 saturated heterocycles. The average Bonchev–Trinajstić information content (AvgIpc) is 2.92. The number of ether oxygens (including phenoxy) is 1. The van der Waals surface area contributed by atoms with Gasteiger partial charge in [-0.15, -0.1) is 0 Å². The van der Waals surface area contributed by atoms with Gasteiger partial charge in [-0.2, -0.15) is 0 Å². The summed E-state index contributed by atoms with van der Waals surface area (Å²) in [6, 6.07) is 15.3. The summed E-state index contributed by atoms with van der Waals surface area (Å²) in [6.45, 7) is 3.89. The maximum absolute atomic E-state index is 5.54. The molecule has 0 aromatic heterocycles. The summed E-state index contributed by atoms with van der Waals surface area (Å²) in [4.78, 5) is 0. The van der Waals surface area contributed by atoms with Crippen molar-refractivity contribution in [3.8, 4) is 5.75 Å². The van der Waals surface area contributed by atoms with E-state index in [9.17, 15) is 0 Å². The van der Waals surface area contributed by atoms with Gasteiger partial charge in [0.25, 0.3) is 0 Å². The molecule has 0 fully saturated rings. The van der Waals surface area contributed by atoms with Crippen LogP contribution in [0.25, 0.3) is 0 Å². The van der Waals surface area contributed by atoms with Crippen LogP contribution in [0.1, 0.15) is 29.7 Å². The van der Waals surface area contributed by atoms with Gasteiger partial charge in [-0.3, -0.25) is 0 Å². The molecule has 0 amide bonds. The molecule has 1 aliphatic heterocycles. The fraction of sp³-hybridized carbons (Fsp3) is 0.294. The molecule has 1 heterocycles. The second-order valence-electron chi connectivity index (χ2n) is 5.20. The van der Waals surface area contributed by atoms with E-state index >= 15 is 0 Å². The predicted molar refractivity (Wildman–Crippen MR) is 85.0 cm³/mol. The first-order chi connectivity index (χ1) is 9.72. The largest absolute Gasteiger partial charge is 0.493 e. The average molecular weight is 332 g/mol. The van der Waals surface area contributed by atoms with E-state index in [-0.39, 0.29) is 0 Å². The van der Waals surface area contributed by atoms with Crippen molar-refractivity contribution < 1.29 is 4.74 Å². The van der Waals surface area contributed by atoms with E-state index in [0.717, 1.165) is 29.8 Å². The highest BCUT2D eigenvalue weighted by Crippen LogP contribution is 2.26. The summed E-state index contributed by atoms with van der Waals surface area (Å²) in [7, 11) is 0. The molecule has 0 saturated carbocycles. The molecular weight excluding hydrogens is 314 g/mol. The molecular formula is C17H18BrNO. The van der Waals surface area contributed by atoms with E-state index in [1.807, 2.05) is 0 Å². The lowest BCUT2D eigenvalue weighted by molar-refractivity contribution is 0.357. The predicted octanol–water partition coefficient (Wildman–Crippen LogP) is 4.23. The second kappa shape index (κ2) is 5.98. The minimum absolute atomic E-state index is 0.331. The lowest BCUT2D eigenvalue weighted by Crippen LogP contribution is -2.18. The highest BCUT2D eigenvalue weighted by molar-refractivity contribution is 9.10. The van der Waals surface area contributed by atoms with Gasteiger partial charge in [0.2, 0.25) is 0 Å². The highest BCUT2D eigenvalue weighted by Gasteiger charge is 2.12. The van der Waals surface area contributed by atoms with Crippen molar-refractivity contribution in [2.45, 2.75) is 25.9 Å². The molecule has 2 aromatic rings. The first-order valence-corrected chi connectivity index (χ1v) is 7.75. The Bertz CT molecular complexity index is 612. The summed E-state index contributed by atoms with van der Waals surface area (Å²) in [5, 5.41) is 3.57. The summed E-state index contributed by atoms with van der Waals surface area (Å²) < 4.78 is 6.66. The van der Waals surface area contributed by atoms with Gasteiger partial charge in [-0.1, -0.05) is 40.2 Å². The van der Waals surface area contributed by atoms with Crippen molar-refractivity contribution in [2.75, 3.05) is 6.61 Å². The Hall–Kier alpha value is -1.32. The first kappa shape index (κ1) is 13.7. The van der Waals surface area contributed by atoms with Gasteiger partial charge in [-0.25, -0.2) is 0 Å². The van der Waals surface area contributed by atoms with E-state index in [4.69, 9.17) is 4.74 Å². The first-order valence-electron chi connectivity index (χ1n) is 6.96. The maximum atomic E-state index is 5.54. The Morgan fingerprint density at radius 2 is 2.15 bits per heavy atom. The molecule has 1 N–H and O–H groups in total. The van der Waals surface area contributed by atoms with Gasteiger partial charge >= 0.3 is 0 Å². The van der Waals surface area contributed by atoms with Crippen LogP contribution in [0.15, 0.2) is 46.9 Å².